The Bertz CT molecular complexity index is 1600. The van der Waals surface area contributed by atoms with Gasteiger partial charge in [-0.2, -0.15) is 0 Å². The van der Waals surface area contributed by atoms with Gasteiger partial charge in [0.2, 0.25) is 12.7 Å². The van der Waals surface area contributed by atoms with E-state index in [0.29, 0.717) is 0 Å². The standard InChI is InChI=1S/C32H28Cl2N4/c33-27-15-11-25(12-16-27)21-37-23-35(29-7-1-3-9-31(29)37)19-5-6-20-36-24-38(32-10-4-2-8-30(32)36)22-26-13-17-28(34)18-14-26/h1-18,23-24H,19-22H2/q+2/b6-5+. The third kappa shape index (κ3) is 5.24. The van der Waals surface area contributed by atoms with E-state index in [1.54, 1.807) is 0 Å². The molecule has 0 amide bonds. The average molecular weight is 540 g/mol. The highest BCUT2D eigenvalue weighted by molar-refractivity contribution is 6.30. The van der Waals surface area contributed by atoms with Gasteiger partial charge in [0, 0.05) is 10.0 Å². The van der Waals surface area contributed by atoms with Gasteiger partial charge < -0.3 is 0 Å². The van der Waals surface area contributed by atoms with E-state index in [-0.39, 0.29) is 0 Å². The molecule has 0 unspecified atom stereocenters. The maximum Gasteiger partial charge on any atom is 0.245 e. The third-order valence-corrected chi connectivity index (χ3v) is 7.37. The van der Waals surface area contributed by atoms with Crippen LogP contribution in [0.5, 0.6) is 0 Å². The molecule has 6 heteroatoms. The smallest absolute Gasteiger partial charge is 0.226 e. The molecule has 188 valence electrons. The molecule has 4 nitrogen and oxygen atoms in total. The fraction of sp³-hybridized carbons (Fsp3) is 0.125. The van der Waals surface area contributed by atoms with E-state index in [1.165, 1.54) is 33.2 Å². The van der Waals surface area contributed by atoms with E-state index < -0.39 is 0 Å². The molecular weight excluding hydrogens is 511 g/mol. The molecule has 0 fully saturated rings. The molecule has 0 bridgehead atoms. The Balaban J connectivity index is 1.20. The quantitative estimate of drug-likeness (QED) is 0.149. The van der Waals surface area contributed by atoms with Gasteiger partial charge in [-0.3, -0.25) is 0 Å². The van der Waals surface area contributed by atoms with Crippen molar-refractivity contribution in [3.05, 3.63) is 143 Å². The lowest BCUT2D eigenvalue weighted by Crippen LogP contribution is -2.32. The summed E-state index contributed by atoms with van der Waals surface area (Å²) in [5.74, 6) is 0. The summed E-state index contributed by atoms with van der Waals surface area (Å²) < 4.78 is 9.20. The predicted octanol–water partition coefficient (Wildman–Crippen LogP) is 6.83. The fourth-order valence-corrected chi connectivity index (χ4v) is 5.23. The molecule has 0 saturated heterocycles. The number of allylic oxidation sites excluding steroid dienone is 2. The summed E-state index contributed by atoms with van der Waals surface area (Å²) in [7, 11) is 0. The first kappa shape index (κ1) is 24.5. The Morgan fingerprint density at radius 1 is 0.526 bits per heavy atom. The van der Waals surface area contributed by atoms with Crippen molar-refractivity contribution in [1.29, 1.82) is 0 Å². The first-order valence-electron chi connectivity index (χ1n) is 12.7. The highest BCUT2D eigenvalue weighted by atomic mass is 35.5. The van der Waals surface area contributed by atoms with Crippen molar-refractivity contribution in [1.82, 2.24) is 9.13 Å². The highest BCUT2D eigenvalue weighted by Gasteiger charge is 2.16. The van der Waals surface area contributed by atoms with E-state index in [0.717, 1.165) is 36.2 Å². The van der Waals surface area contributed by atoms with Gasteiger partial charge in [-0.25, -0.2) is 18.3 Å². The van der Waals surface area contributed by atoms with E-state index in [1.807, 2.05) is 24.3 Å². The van der Waals surface area contributed by atoms with Gasteiger partial charge in [0.25, 0.3) is 0 Å². The Hall–Kier alpha value is -3.86. The maximum atomic E-state index is 6.08. The number of fused-ring (bicyclic) bond motifs is 2. The zero-order chi connectivity index (χ0) is 25.9. The van der Waals surface area contributed by atoms with Crippen LogP contribution < -0.4 is 9.13 Å². The number of hydrogen-bond donors (Lipinski definition) is 0. The van der Waals surface area contributed by atoms with Crippen LogP contribution in [0.4, 0.5) is 0 Å². The predicted molar refractivity (Wildman–Crippen MR) is 155 cm³/mol. The molecule has 2 aromatic heterocycles. The number of nitrogens with zero attached hydrogens (tertiary/aromatic N) is 4. The van der Waals surface area contributed by atoms with Crippen LogP contribution in [0.1, 0.15) is 11.1 Å². The summed E-state index contributed by atoms with van der Waals surface area (Å²) in [6, 6.07) is 33.2. The van der Waals surface area contributed by atoms with Crippen LogP contribution in [-0.4, -0.2) is 9.13 Å². The summed E-state index contributed by atoms with van der Waals surface area (Å²) in [6.07, 6.45) is 8.90. The van der Waals surface area contributed by atoms with Crippen molar-refractivity contribution >= 4 is 45.3 Å². The molecule has 6 rings (SSSR count). The minimum atomic E-state index is 0.761. The van der Waals surface area contributed by atoms with Crippen LogP contribution in [-0.2, 0) is 26.2 Å². The molecule has 0 spiro atoms. The lowest BCUT2D eigenvalue weighted by atomic mass is 10.2. The SMILES string of the molecule is Clc1ccc(C[n+]2cn(C/C=C/Cn3c[n+](Cc4ccc(Cl)cc4)c4ccccc43)c3ccccc32)cc1. The first-order chi connectivity index (χ1) is 18.6. The van der Waals surface area contributed by atoms with Gasteiger partial charge in [-0.15, -0.1) is 0 Å². The topological polar surface area (TPSA) is 17.6 Å². The van der Waals surface area contributed by atoms with Gasteiger partial charge in [-0.05, 0) is 71.8 Å². The van der Waals surface area contributed by atoms with Crippen molar-refractivity contribution in [3.63, 3.8) is 0 Å². The van der Waals surface area contributed by atoms with Crippen molar-refractivity contribution in [3.8, 4) is 0 Å². The Morgan fingerprint density at radius 3 is 1.34 bits per heavy atom. The van der Waals surface area contributed by atoms with Crippen molar-refractivity contribution in [2.45, 2.75) is 26.2 Å². The molecule has 6 aromatic rings. The van der Waals surface area contributed by atoms with Crippen LogP contribution in [0.15, 0.2) is 122 Å². The average Bonchev–Trinajstić information content (AvgIpc) is 3.47. The van der Waals surface area contributed by atoms with E-state index >= 15 is 0 Å². The zero-order valence-corrected chi connectivity index (χ0v) is 22.4. The van der Waals surface area contributed by atoms with Crippen molar-refractivity contribution in [2.75, 3.05) is 0 Å². The number of aromatic nitrogens is 4. The zero-order valence-electron chi connectivity index (χ0n) is 20.9. The van der Waals surface area contributed by atoms with E-state index in [9.17, 15) is 0 Å². The molecule has 0 N–H and O–H groups in total. The second kappa shape index (κ2) is 10.9. The largest absolute Gasteiger partial charge is 0.245 e. The molecule has 0 aliphatic heterocycles. The van der Waals surface area contributed by atoms with Gasteiger partial charge >= 0.3 is 0 Å². The Kier molecular flexibility index (Phi) is 7.00. The monoisotopic (exact) mass is 538 g/mol. The summed E-state index contributed by atoms with van der Waals surface area (Å²) in [5.41, 5.74) is 7.33. The lowest BCUT2D eigenvalue weighted by molar-refractivity contribution is -0.663. The molecule has 4 aromatic carbocycles. The molecule has 0 aliphatic rings. The van der Waals surface area contributed by atoms with Gasteiger partial charge in [-0.1, -0.05) is 71.7 Å². The number of para-hydroxylation sites is 4. The Labute approximate surface area is 232 Å². The van der Waals surface area contributed by atoms with Crippen LogP contribution in [0.3, 0.4) is 0 Å². The molecule has 38 heavy (non-hydrogen) atoms. The summed E-state index contributed by atoms with van der Waals surface area (Å²) in [5, 5.41) is 1.52. The van der Waals surface area contributed by atoms with Gasteiger partial charge in [0.15, 0.2) is 22.1 Å². The number of halogens is 2. The number of imidazole rings is 2. The second-order valence-corrected chi connectivity index (χ2v) is 10.4. The third-order valence-electron chi connectivity index (χ3n) is 6.86. The second-order valence-electron chi connectivity index (χ2n) is 9.49. The fourth-order valence-electron chi connectivity index (χ4n) is 4.98. The van der Waals surface area contributed by atoms with Gasteiger partial charge in [0.05, 0.1) is 0 Å². The summed E-state index contributed by atoms with van der Waals surface area (Å²) in [4.78, 5) is 0. The maximum absolute atomic E-state index is 6.08. The summed E-state index contributed by atoms with van der Waals surface area (Å²) in [6.45, 7) is 3.21. The van der Waals surface area contributed by atoms with Crippen molar-refractivity contribution < 1.29 is 9.13 Å². The first-order valence-corrected chi connectivity index (χ1v) is 13.5. The molecular formula is C32H28Cl2N4+2. The summed E-state index contributed by atoms with van der Waals surface area (Å²) >= 11 is 12.2. The van der Waals surface area contributed by atoms with Crippen LogP contribution in [0, 0.1) is 0 Å². The van der Waals surface area contributed by atoms with Crippen LogP contribution >= 0.6 is 23.2 Å². The lowest BCUT2D eigenvalue weighted by Gasteiger charge is -1.99. The minimum Gasteiger partial charge on any atom is -0.226 e. The molecule has 2 heterocycles. The van der Waals surface area contributed by atoms with Gasteiger partial charge in [0.1, 0.15) is 26.2 Å². The molecule has 0 atom stereocenters. The minimum absolute atomic E-state index is 0.761. The Morgan fingerprint density at radius 2 is 0.921 bits per heavy atom. The van der Waals surface area contributed by atoms with Crippen LogP contribution in [0.25, 0.3) is 22.1 Å². The number of hydrogen-bond acceptors (Lipinski definition) is 0. The molecule has 0 radical (unpaired) electrons. The number of benzene rings is 4. The molecule has 0 aliphatic carbocycles. The van der Waals surface area contributed by atoms with Crippen molar-refractivity contribution in [2.24, 2.45) is 0 Å². The van der Waals surface area contributed by atoms with Crippen LogP contribution in [0.2, 0.25) is 10.0 Å². The van der Waals surface area contributed by atoms with E-state index in [4.69, 9.17) is 23.2 Å². The van der Waals surface area contributed by atoms with E-state index in [2.05, 4.69) is 116 Å². The normalized spacial score (nSPS) is 11.7. The number of rotatable bonds is 8. The highest BCUT2D eigenvalue weighted by Crippen LogP contribution is 2.15. The molecule has 0 saturated carbocycles.